The quantitative estimate of drug-likeness (QED) is 0.437. The predicted octanol–water partition coefficient (Wildman–Crippen LogP) is 5.58. The van der Waals surface area contributed by atoms with E-state index in [4.69, 9.17) is 10.7 Å². The summed E-state index contributed by atoms with van der Waals surface area (Å²) >= 11 is 0. The fourth-order valence-corrected chi connectivity index (χ4v) is 5.12. The second-order valence-corrected chi connectivity index (χ2v) is 9.19. The van der Waals surface area contributed by atoms with Gasteiger partial charge in [0, 0.05) is 17.6 Å². The van der Waals surface area contributed by atoms with Gasteiger partial charge in [-0.15, -0.1) is 0 Å². The van der Waals surface area contributed by atoms with Crippen molar-refractivity contribution in [1.82, 2.24) is 15.3 Å². The molecule has 34 heavy (non-hydrogen) atoms. The van der Waals surface area contributed by atoms with Gasteiger partial charge in [0.25, 0.3) is 0 Å². The summed E-state index contributed by atoms with van der Waals surface area (Å²) in [5, 5.41) is 7.64. The molecule has 0 fully saturated rings. The lowest BCUT2D eigenvalue weighted by molar-refractivity contribution is -0.137. The van der Waals surface area contributed by atoms with Gasteiger partial charge in [0.15, 0.2) is 0 Å². The highest BCUT2D eigenvalue weighted by Crippen LogP contribution is 2.39. The van der Waals surface area contributed by atoms with Crippen LogP contribution in [-0.4, -0.2) is 23.1 Å². The number of nitrogens with zero attached hydrogens (tertiary/aromatic N) is 2. The van der Waals surface area contributed by atoms with Gasteiger partial charge < -0.3 is 16.4 Å². The van der Waals surface area contributed by atoms with Crippen LogP contribution in [0.3, 0.4) is 0 Å². The van der Waals surface area contributed by atoms with Crippen LogP contribution in [0.4, 0.5) is 24.7 Å². The average molecular weight is 468 g/mol. The fraction of sp³-hybridized carbons (Fsp3) is 0.385. The number of nitrogen functional groups attached to an aromatic ring is 1. The molecule has 0 bridgehead atoms. The first-order chi connectivity index (χ1) is 16.2. The number of fused-ring (bicyclic) bond motifs is 3. The molecule has 0 saturated heterocycles. The molecule has 5 rings (SSSR count). The molecule has 1 aromatic heterocycles. The van der Waals surface area contributed by atoms with Gasteiger partial charge in [-0.3, -0.25) is 0 Å². The standard InChI is InChI=1S/C26H28F3N5/c1-14(17-10-18(26(27,28)29)12-19(30)11-17)32-25-23-13-22(16-6-8-31-9-7-16)20-4-3-5-21(20)24(23)33-15(2)34-25/h6,10-14,31H,3-5,7-9,30H2,1-2H3,(H,32,33,34). The number of halogens is 3. The highest BCUT2D eigenvalue weighted by atomic mass is 19.4. The van der Waals surface area contributed by atoms with Crippen molar-refractivity contribution < 1.29 is 13.2 Å². The number of aryl methyl sites for hydroxylation is 2. The van der Waals surface area contributed by atoms with Crippen LogP contribution in [0.5, 0.6) is 0 Å². The third-order valence-electron chi connectivity index (χ3n) is 6.74. The number of aromatic nitrogens is 2. The minimum Gasteiger partial charge on any atom is -0.399 e. The Kier molecular flexibility index (Phi) is 5.72. The molecule has 0 spiro atoms. The van der Waals surface area contributed by atoms with E-state index >= 15 is 0 Å². The molecule has 8 heteroatoms. The Hall–Kier alpha value is -3.13. The number of hydrogen-bond donors (Lipinski definition) is 3. The Labute approximate surface area is 196 Å². The largest absolute Gasteiger partial charge is 0.416 e. The highest BCUT2D eigenvalue weighted by molar-refractivity contribution is 5.96. The molecular weight excluding hydrogens is 439 g/mol. The van der Waals surface area contributed by atoms with Gasteiger partial charge in [-0.2, -0.15) is 13.2 Å². The number of rotatable bonds is 4. The minimum absolute atomic E-state index is 0.0835. The summed E-state index contributed by atoms with van der Waals surface area (Å²) in [6, 6.07) is 5.42. The number of hydrogen-bond acceptors (Lipinski definition) is 5. The van der Waals surface area contributed by atoms with Crippen LogP contribution in [0.2, 0.25) is 0 Å². The van der Waals surface area contributed by atoms with Gasteiger partial charge >= 0.3 is 6.18 Å². The summed E-state index contributed by atoms with van der Waals surface area (Å²) < 4.78 is 40.0. The van der Waals surface area contributed by atoms with Gasteiger partial charge in [0.05, 0.1) is 17.1 Å². The van der Waals surface area contributed by atoms with Gasteiger partial charge in [0.1, 0.15) is 11.6 Å². The number of anilines is 2. The molecule has 2 heterocycles. The average Bonchev–Trinajstić information content (AvgIpc) is 3.28. The van der Waals surface area contributed by atoms with Gasteiger partial charge in [-0.1, -0.05) is 6.08 Å². The van der Waals surface area contributed by atoms with E-state index in [-0.39, 0.29) is 5.69 Å². The SMILES string of the molecule is Cc1nc(NC(C)c2cc(N)cc(C(F)(F)F)c2)c2cc(C3=CCNCC3)c3c(c2n1)CCC3. The van der Waals surface area contributed by atoms with E-state index in [1.54, 1.807) is 6.07 Å². The van der Waals surface area contributed by atoms with Gasteiger partial charge in [0.2, 0.25) is 0 Å². The lowest BCUT2D eigenvalue weighted by Crippen LogP contribution is -2.20. The van der Waals surface area contributed by atoms with E-state index in [1.807, 2.05) is 13.8 Å². The number of nitrogens with two attached hydrogens (primary N) is 1. The second kappa shape index (κ2) is 8.58. The van der Waals surface area contributed by atoms with Crippen LogP contribution < -0.4 is 16.4 Å². The van der Waals surface area contributed by atoms with Crippen molar-refractivity contribution in [3.05, 3.63) is 64.0 Å². The lowest BCUT2D eigenvalue weighted by Gasteiger charge is -2.22. The summed E-state index contributed by atoms with van der Waals surface area (Å²) in [6.07, 6.45) is 1.86. The number of benzene rings is 2. The summed E-state index contributed by atoms with van der Waals surface area (Å²) in [4.78, 5) is 9.45. The monoisotopic (exact) mass is 467 g/mol. The minimum atomic E-state index is -4.46. The number of alkyl halides is 3. The Morgan fingerprint density at radius 1 is 1.06 bits per heavy atom. The maximum absolute atomic E-state index is 13.3. The predicted molar refractivity (Wildman–Crippen MR) is 130 cm³/mol. The fourth-order valence-electron chi connectivity index (χ4n) is 5.12. The van der Waals surface area contributed by atoms with Crippen LogP contribution in [0, 0.1) is 6.92 Å². The Bertz CT molecular complexity index is 1300. The summed E-state index contributed by atoms with van der Waals surface area (Å²) in [6.45, 7) is 5.47. The van der Waals surface area contributed by atoms with Crippen LogP contribution in [-0.2, 0) is 19.0 Å². The third-order valence-corrected chi connectivity index (χ3v) is 6.74. The molecule has 1 atom stereocenters. The third kappa shape index (κ3) is 4.22. The van der Waals surface area contributed by atoms with Gasteiger partial charge in [-0.05, 0) is 98.2 Å². The molecule has 0 saturated carbocycles. The Morgan fingerprint density at radius 2 is 1.85 bits per heavy atom. The molecule has 178 valence electrons. The van der Waals surface area contributed by atoms with Crippen molar-refractivity contribution in [1.29, 1.82) is 0 Å². The zero-order chi connectivity index (χ0) is 24.0. The van der Waals surface area contributed by atoms with Crippen LogP contribution in [0.1, 0.15) is 59.4 Å². The van der Waals surface area contributed by atoms with Crippen molar-refractivity contribution >= 4 is 28.0 Å². The maximum atomic E-state index is 13.3. The van der Waals surface area contributed by atoms with E-state index in [2.05, 4.69) is 27.8 Å². The Morgan fingerprint density at radius 3 is 2.59 bits per heavy atom. The van der Waals surface area contributed by atoms with E-state index in [0.29, 0.717) is 17.2 Å². The van der Waals surface area contributed by atoms with Crippen LogP contribution >= 0.6 is 0 Å². The molecular formula is C26H28F3N5. The zero-order valence-corrected chi connectivity index (χ0v) is 19.3. The van der Waals surface area contributed by atoms with E-state index in [1.165, 1.54) is 22.3 Å². The first kappa shape index (κ1) is 22.7. The molecule has 1 aliphatic carbocycles. The van der Waals surface area contributed by atoms with Crippen molar-refractivity contribution in [2.45, 2.75) is 51.7 Å². The topological polar surface area (TPSA) is 75.9 Å². The summed E-state index contributed by atoms with van der Waals surface area (Å²) in [5.41, 5.74) is 11.8. The van der Waals surface area contributed by atoms with Crippen molar-refractivity contribution in [2.24, 2.45) is 0 Å². The summed E-state index contributed by atoms with van der Waals surface area (Å²) in [5.74, 6) is 1.27. The van der Waals surface area contributed by atoms with E-state index in [9.17, 15) is 13.2 Å². The van der Waals surface area contributed by atoms with E-state index in [0.717, 1.165) is 61.8 Å². The van der Waals surface area contributed by atoms with Gasteiger partial charge in [-0.25, -0.2) is 9.97 Å². The van der Waals surface area contributed by atoms with Crippen LogP contribution in [0.25, 0.3) is 16.5 Å². The molecule has 2 aliphatic rings. The zero-order valence-electron chi connectivity index (χ0n) is 19.3. The molecule has 0 radical (unpaired) electrons. The molecule has 4 N–H and O–H groups in total. The maximum Gasteiger partial charge on any atom is 0.416 e. The lowest BCUT2D eigenvalue weighted by atomic mass is 9.91. The first-order valence-corrected chi connectivity index (χ1v) is 11.7. The molecule has 1 aliphatic heterocycles. The van der Waals surface area contributed by atoms with Crippen molar-refractivity contribution in [3.8, 4) is 0 Å². The molecule has 0 amide bonds. The van der Waals surface area contributed by atoms with E-state index < -0.39 is 17.8 Å². The highest BCUT2D eigenvalue weighted by Gasteiger charge is 2.31. The first-order valence-electron chi connectivity index (χ1n) is 11.7. The molecule has 2 aromatic carbocycles. The Balaban J connectivity index is 1.60. The van der Waals surface area contributed by atoms with Crippen molar-refractivity contribution in [2.75, 3.05) is 24.1 Å². The van der Waals surface area contributed by atoms with Crippen molar-refractivity contribution in [3.63, 3.8) is 0 Å². The summed E-state index contributed by atoms with van der Waals surface area (Å²) in [7, 11) is 0. The molecule has 5 nitrogen and oxygen atoms in total. The molecule has 1 unspecified atom stereocenters. The normalized spacial score (nSPS) is 16.9. The van der Waals surface area contributed by atoms with Crippen LogP contribution in [0.15, 0.2) is 30.3 Å². The smallest absolute Gasteiger partial charge is 0.399 e. The molecule has 3 aromatic rings. The number of nitrogens with one attached hydrogen (secondary N) is 2. The second-order valence-electron chi connectivity index (χ2n) is 9.19.